The summed E-state index contributed by atoms with van der Waals surface area (Å²) in [5, 5.41) is 51.4. The summed E-state index contributed by atoms with van der Waals surface area (Å²) in [7, 11) is 0. The molecule has 4 N–H and O–H groups in total. The van der Waals surface area contributed by atoms with Crippen LogP contribution in [0.4, 0.5) is 5.69 Å². The summed E-state index contributed by atoms with van der Waals surface area (Å²) < 4.78 is 11.1. The van der Waals surface area contributed by atoms with Crippen molar-refractivity contribution in [1.29, 1.82) is 0 Å². The predicted octanol–water partition coefficient (Wildman–Crippen LogP) is 3.63. The number of benzene rings is 3. The van der Waals surface area contributed by atoms with Crippen LogP contribution in [0.3, 0.4) is 0 Å². The van der Waals surface area contributed by atoms with Crippen LogP contribution in [-0.2, 0) is 4.79 Å². The van der Waals surface area contributed by atoms with Crippen LogP contribution in [0.5, 0.6) is 28.7 Å². The third-order valence-electron chi connectivity index (χ3n) is 5.79. The number of nitrogens with zero attached hydrogens (tertiary/aromatic N) is 1. The first kappa shape index (κ1) is 21.8. The molecule has 0 spiro atoms. The lowest BCUT2D eigenvalue weighted by molar-refractivity contribution is -0.384. The number of phenols is 3. The van der Waals surface area contributed by atoms with E-state index in [-0.39, 0.29) is 45.7 Å². The number of hydrogen-bond acceptors (Lipinski definition) is 10. The lowest BCUT2D eigenvalue weighted by Gasteiger charge is -2.26. The Bertz CT molecular complexity index is 1620. The lowest BCUT2D eigenvalue weighted by Crippen LogP contribution is -2.22. The fourth-order valence-electron chi connectivity index (χ4n) is 4.18. The number of non-ortho nitro benzene ring substituents is 1. The van der Waals surface area contributed by atoms with Crippen LogP contribution in [0.1, 0.15) is 23.5 Å². The van der Waals surface area contributed by atoms with Crippen molar-refractivity contribution in [3.05, 3.63) is 80.0 Å². The van der Waals surface area contributed by atoms with Crippen LogP contribution >= 0.6 is 0 Å². The van der Waals surface area contributed by atoms with Gasteiger partial charge < -0.3 is 29.6 Å². The second-order valence-electron chi connectivity index (χ2n) is 7.91. The Hall–Kier alpha value is -5.06. The molecular weight excluding hydrogens is 462 g/mol. The summed E-state index contributed by atoms with van der Waals surface area (Å²) in [6.07, 6.45) is -0.242. The van der Waals surface area contributed by atoms with E-state index in [0.717, 1.165) is 18.2 Å². The Balaban J connectivity index is 1.84. The Kier molecular flexibility index (Phi) is 4.83. The number of ether oxygens (including phenoxy) is 1. The lowest BCUT2D eigenvalue weighted by atomic mass is 9.85. The largest absolute Gasteiger partial charge is 0.507 e. The molecule has 11 nitrogen and oxygen atoms in total. The Morgan fingerprint density at radius 3 is 2.43 bits per heavy atom. The molecule has 0 aliphatic carbocycles. The van der Waals surface area contributed by atoms with Crippen LogP contribution in [0.25, 0.3) is 22.3 Å². The van der Waals surface area contributed by atoms with E-state index in [1.54, 1.807) is 6.07 Å². The van der Waals surface area contributed by atoms with E-state index in [4.69, 9.17) is 9.15 Å². The van der Waals surface area contributed by atoms with Gasteiger partial charge in [0.15, 0.2) is 17.3 Å². The quantitative estimate of drug-likeness (QED) is 0.112. The molecule has 4 aromatic rings. The van der Waals surface area contributed by atoms with E-state index in [0.29, 0.717) is 5.56 Å². The molecule has 35 heavy (non-hydrogen) atoms. The molecule has 176 valence electrons. The summed E-state index contributed by atoms with van der Waals surface area (Å²) in [5.41, 5.74) is -0.861. The van der Waals surface area contributed by atoms with Gasteiger partial charge in [-0.05, 0) is 23.8 Å². The molecule has 0 amide bonds. The first-order valence-corrected chi connectivity index (χ1v) is 10.2. The zero-order valence-electron chi connectivity index (χ0n) is 17.6. The molecule has 1 aliphatic heterocycles. The molecule has 11 heteroatoms. The highest BCUT2D eigenvalue weighted by Gasteiger charge is 2.35. The molecule has 2 heterocycles. The maximum Gasteiger partial charge on any atom is 0.312 e. The van der Waals surface area contributed by atoms with Crippen molar-refractivity contribution in [3.8, 4) is 40.1 Å². The molecule has 0 saturated heterocycles. The zero-order valence-corrected chi connectivity index (χ0v) is 17.6. The number of nitro groups is 1. The van der Waals surface area contributed by atoms with Gasteiger partial charge >= 0.3 is 5.97 Å². The van der Waals surface area contributed by atoms with Crippen LogP contribution in [0.2, 0.25) is 0 Å². The van der Waals surface area contributed by atoms with E-state index in [2.05, 4.69) is 0 Å². The number of phenolic OH excluding ortho intramolecular Hbond substituents is 3. The highest BCUT2D eigenvalue weighted by molar-refractivity contribution is 5.94. The van der Waals surface area contributed by atoms with Gasteiger partial charge in [0.25, 0.3) is 5.69 Å². The van der Waals surface area contributed by atoms with Crippen LogP contribution in [0, 0.1) is 10.1 Å². The van der Waals surface area contributed by atoms with E-state index in [9.17, 15) is 40.1 Å². The average Bonchev–Trinajstić information content (AvgIpc) is 2.82. The van der Waals surface area contributed by atoms with Crippen molar-refractivity contribution >= 4 is 22.6 Å². The monoisotopic (exact) mass is 477 g/mol. The Labute approximate surface area is 194 Å². The molecule has 0 radical (unpaired) electrons. The standard InChI is InChI=1S/C24H15NO10/c26-14-5-4-11(7-15(14)27)23-22(31)21(30)20-16(28)9-17-19(24(20)35-23)13(8-18(29)34-17)10-2-1-3-12(6-10)25(32)33/h1-7,9,13,26-28,31H,8H2. The second kappa shape index (κ2) is 7.76. The molecule has 0 fully saturated rings. The van der Waals surface area contributed by atoms with Crippen molar-refractivity contribution in [3.63, 3.8) is 0 Å². The molecule has 5 rings (SSSR count). The summed E-state index contributed by atoms with van der Waals surface area (Å²) in [5.74, 6) is -4.46. The van der Waals surface area contributed by atoms with Crippen molar-refractivity contribution in [1.82, 2.24) is 0 Å². The summed E-state index contributed by atoms with van der Waals surface area (Å²) in [6, 6.07) is 10.1. The van der Waals surface area contributed by atoms with Gasteiger partial charge in [-0.15, -0.1) is 0 Å². The number of hydrogen-bond donors (Lipinski definition) is 4. The number of aromatic hydroxyl groups is 4. The number of esters is 1. The van der Waals surface area contributed by atoms with Gasteiger partial charge in [-0.25, -0.2) is 0 Å². The van der Waals surface area contributed by atoms with E-state index in [1.165, 1.54) is 24.3 Å². The average molecular weight is 477 g/mol. The van der Waals surface area contributed by atoms with Crippen LogP contribution in [0.15, 0.2) is 57.7 Å². The second-order valence-corrected chi connectivity index (χ2v) is 7.91. The minimum absolute atomic E-state index is 0.0357. The van der Waals surface area contributed by atoms with Gasteiger partial charge in [0.1, 0.15) is 22.5 Å². The predicted molar refractivity (Wildman–Crippen MR) is 120 cm³/mol. The van der Waals surface area contributed by atoms with E-state index < -0.39 is 45.2 Å². The van der Waals surface area contributed by atoms with Gasteiger partial charge in [-0.3, -0.25) is 19.7 Å². The molecule has 3 aromatic carbocycles. The van der Waals surface area contributed by atoms with Crippen LogP contribution in [-0.4, -0.2) is 31.3 Å². The van der Waals surface area contributed by atoms with Crippen LogP contribution < -0.4 is 10.2 Å². The van der Waals surface area contributed by atoms with Gasteiger partial charge in [-0.1, -0.05) is 12.1 Å². The molecule has 0 saturated carbocycles. The smallest absolute Gasteiger partial charge is 0.312 e. The van der Waals surface area contributed by atoms with E-state index in [1.807, 2.05) is 0 Å². The SMILES string of the molecule is O=C1CC(c2cccc([N+](=O)[O-])c2)c2c(cc(O)c3c(=O)c(O)c(-c4ccc(O)c(O)c4)oc23)O1. The fourth-order valence-corrected chi connectivity index (χ4v) is 4.18. The van der Waals surface area contributed by atoms with Gasteiger partial charge in [0.2, 0.25) is 11.2 Å². The Morgan fingerprint density at radius 1 is 0.943 bits per heavy atom. The number of fused-ring (bicyclic) bond motifs is 3. The van der Waals surface area contributed by atoms with Crippen molar-refractivity contribution in [2.75, 3.05) is 0 Å². The van der Waals surface area contributed by atoms with E-state index >= 15 is 0 Å². The maximum atomic E-state index is 13.1. The first-order chi connectivity index (χ1) is 16.7. The molecule has 1 unspecified atom stereocenters. The number of carbonyl (C=O) groups excluding carboxylic acids is 1. The normalized spacial score (nSPS) is 15.0. The van der Waals surface area contributed by atoms with Gasteiger partial charge in [0.05, 0.1) is 11.3 Å². The van der Waals surface area contributed by atoms with Crippen molar-refractivity contribution in [2.45, 2.75) is 12.3 Å². The van der Waals surface area contributed by atoms with Crippen molar-refractivity contribution in [2.24, 2.45) is 0 Å². The molecule has 1 atom stereocenters. The topological polar surface area (TPSA) is 181 Å². The molecular formula is C24H15NO10. The highest BCUT2D eigenvalue weighted by Crippen LogP contribution is 2.47. The van der Waals surface area contributed by atoms with Crippen molar-refractivity contribution < 1.29 is 39.3 Å². The Morgan fingerprint density at radius 2 is 1.71 bits per heavy atom. The number of nitro benzene ring substituents is 1. The third-order valence-corrected chi connectivity index (χ3v) is 5.79. The minimum Gasteiger partial charge on any atom is -0.507 e. The van der Waals surface area contributed by atoms with Gasteiger partial charge in [-0.2, -0.15) is 0 Å². The highest BCUT2D eigenvalue weighted by atomic mass is 16.6. The summed E-state index contributed by atoms with van der Waals surface area (Å²) in [6.45, 7) is 0. The maximum absolute atomic E-state index is 13.1. The summed E-state index contributed by atoms with van der Waals surface area (Å²) >= 11 is 0. The first-order valence-electron chi connectivity index (χ1n) is 10.2. The number of rotatable bonds is 3. The molecule has 1 aliphatic rings. The zero-order chi connectivity index (χ0) is 25.0. The molecule has 0 bridgehead atoms. The molecule has 1 aromatic heterocycles. The summed E-state index contributed by atoms with van der Waals surface area (Å²) in [4.78, 5) is 36.1. The number of carbonyl (C=O) groups is 1. The third kappa shape index (κ3) is 3.46. The van der Waals surface area contributed by atoms with Gasteiger partial charge in [0, 0.05) is 35.2 Å². The minimum atomic E-state index is -0.996. The fraction of sp³-hybridized carbons (Fsp3) is 0.0833.